The number of carbonyl (C=O) groups is 1. The first-order chi connectivity index (χ1) is 8.04. The molecule has 5 nitrogen and oxygen atoms in total. The van der Waals surface area contributed by atoms with E-state index in [1.54, 1.807) is 12.4 Å². The van der Waals surface area contributed by atoms with Crippen LogP contribution in [0, 0.1) is 0 Å². The van der Waals surface area contributed by atoms with Crippen LogP contribution in [0.2, 0.25) is 0 Å². The molecule has 0 aromatic carbocycles. The van der Waals surface area contributed by atoms with Gasteiger partial charge in [-0.05, 0) is 19.9 Å². The van der Waals surface area contributed by atoms with Crippen LogP contribution < -0.4 is 15.4 Å². The van der Waals surface area contributed by atoms with Gasteiger partial charge in [0.25, 0.3) is 0 Å². The SMILES string of the molecule is CC1(C)NC(=O)C2(CCOc3cnccc32)N1. The number of rotatable bonds is 0. The van der Waals surface area contributed by atoms with Crippen LogP contribution in [0.5, 0.6) is 5.75 Å². The van der Waals surface area contributed by atoms with Crippen LogP contribution in [0.15, 0.2) is 18.5 Å². The van der Waals surface area contributed by atoms with Crippen molar-refractivity contribution in [1.82, 2.24) is 15.6 Å². The van der Waals surface area contributed by atoms with Gasteiger partial charge in [-0.25, -0.2) is 0 Å². The molecule has 90 valence electrons. The third-order valence-corrected chi connectivity index (χ3v) is 3.32. The van der Waals surface area contributed by atoms with E-state index in [0.29, 0.717) is 18.8 Å². The van der Waals surface area contributed by atoms with Crippen molar-refractivity contribution in [1.29, 1.82) is 0 Å². The van der Waals surface area contributed by atoms with Gasteiger partial charge in [0.2, 0.25) is 5.91 Å². The molecular formula is C12H15N3O2. The first kappa shape index (κ1) is 10.5. The highest BCUT2D eigenvalue weighted by atomic mass is 16.5. The van der Waals surface area contributed by atoms with E-state index in [2.05, 4.69) is 15.6 Å². The fourth-order valence-electron chi connectivity index (χ4n) is 2.67. The summed E-state index contributed by atoms with van der Waals surface area (Å²) in [5.41, 5.74) is -0.184. The van der Waals surface area contributed by atoms with Crippen molar-refractivity contribution in [2.75, 3.05) is 6.61 Å². The van der Waals surface area contributed by atoms with Crippen molar-refractivity contribution in [2.24, 2.45) is 0 Å². The minimum Gasteiger partial charge on any atom is -0.491 e. The number of ether oxygens (including phenoxy) is 1. The lowest BCUT2D eigenvalue weighted by Gasteiger charge is -2.34. The molecule has 0 aliphatic carbocycles. The highest BCUT2D eigenvalue weighted by Crippen LogP contribution is 2.40. The average Bonchev–Trinajstić information content (AvgIpc) is 2.50. The lowest BCUT2D eigenvalue weighted by molar-refractivity contribution is -0.125. The Morgan fingerprint density at radius 3 is 3.00 bits per heavy atom. The smallest absolute Gasteiger partial charge is 0.246 e. The number of hydrogen-bond acceptors (Lipinski definition) is 4. The molecule has 2 aliphatic rings. The summed E-state index contributed by atoms with van der Waals surface area (Å²) >= 11 is 0. The minimum absolute atomic E-state index is 0.0123. The van der Waals surface area contributed by atoms with Crippen LogP contribution in [-0.4, -0.2) is 23.2 Å². The van der Waals surface area contributed by atoms with Crippen molar-refractivity contribution in [2.45, 2.75) is 31.5 Å². The van der Waals surface area contributed by atoms with Crippen LogP contribution in [0.25, 0.3) is 0 Å². The van der Waals surface area contributed by atoms with Gasteiger partial charge in [0.15, 0.2) is 0 Å². The van der Waals surface area contributed by atoms with Gasteiger partial charge < -0.3 is 10.1 Å². The molecule has 1 atom stereocenters. The zero-order valence-corrected chi connectivity index (χ0v) is 9.91. The van der Waals surface area contributed by atoms with Crippen LogP contribution in [0.3, 0.4) is 0 Å². The summed E-state index contributed by atoms with van der Waals surface area (Å²) < 4.78 is 5.54. The van der Waals surface area contributed by atoms with Gasteiger partial charge in [-0.2, -0.15) is 0 Å². The van der Waals surface area contributed by atoms with Gasteiger partial charge in [-0.15, -0.1) is 0 Å². The maximum atomic E-state index is 12.3. The molecule has 3 heterocycles. The molecule has 1 aromatic heterocycles. The Balaban J connectivity index is 2.14. The lowest BCUT2D eigenvalue weighted by Crippen LogP contribution is -2.50. The molecule has 1 unspecified atom stereocenters. The fraction of sp³-hybridized carbons (Fsp3) is 0.500. The maximum absolute atomic E-state index is 12.3. The third-order valence-electron chi connectivity index (χ3n) is 3.32. The van der Waals surface area contributed by atoms with Crippen molar-refractivity contribution in [3.8, 4) is 5.75 Å². The van der Waals surface area contributed by atoms with Gasteiger partial charge in [0, 0.05) is 18.2 Å². The highest BCUT2D eigenvalue weighted by molar-refractivity contribution is 5.91. The molecular weight excluding hydrogens is 218 g/mol. The van der Waals surface area contributed by atoms with Crippen molar-refractivity contribution >= 4 is 5.91 Å². The van der Waals surface area contributed by atoms with Gasteiger partial charge in [-0.1, -0.05) is 0 Å². The van der Waals surface area contributed by atoms with Crippen molar-refractivity contribution in [3.63, 3.8) is 0 Å². The first-order valence-corrected chi connectivity index (χ1v) is 5.73. The topological polar surface area (TPSA) is 63.2 Å². The van der Waals surface area contributed by atoms with E-state index in [1.165, 1.54) is 0 Å². The Morgan fingerprint density at radius 1 is 1.47 bits per heavy atom. The van der Waals surface area contributed by atoms with E-state index in [1.807, 2.05) is 19.9 Å². The monoisotopic (exact) mass is 233 g/mol. The summed E-state index contributed by atoms with van der Waals surface area (Å²) in [7, 11) is 0. The minimum atomic E-state index is -0.667. The molecule has 0 bridgehead atoms. The van der Waals surface area contributed by atoms with Gasteiger partial charge in [0.05, 0.1) is 18.5 Å². The summed E-state index contributed by atoms with van der Waals surface area (Å²) in [6.07, 6.45) is 3.99. The van der Waals surface area contributed by atoms with Crippen molar-refractivity contribution in [3.05, 3.63) is 24.0 Å². The van der Waals surface area contributed by atoms with E-state index in [4.69, 9.17) is 4.74 Å². The molecule has 1 saturated heterocycles. The van der Waals surface area contributed by atoms with Gasteiger partial charge in [-0.3, -0.25) is 15.1 Å². The lowest BCUT2D eigenvalue weighted by atomic mass is 9.85. The number of fused-ring (bicyclic) bond motifs is 2. The maximum Gasteiger partial charge on any atom is 0.246 e. The molecule has 0 saturated carbocycles. The Labute approximate surface area is 99.6 Å². The average molecular weight is 233 g/mol. The molecule has 1 aromatic rings. The second-order valence-corrected chi connectivity index (χ2v) is 5.08. The summed E-state index contributed by atoms with van der Waals surface area (Å²) in [6, 6.07) is 1.85. The molecule has 2 aliphatic heterocycles. The van der Waals surface area contributed by atoms with E-state index < -0.39 is 11.2 Å². The van der Waals surface area contributed by atoms with Gasteiger partial charge in [0.1, 0.15) is 11.3 Å². The second-order valence-electron chi connectivity index (χ2n) is 5.08. The summed E-state index contributed by atoms with van der Waals surface area (Å²) in [4.78, 5) is 16.3. The predicted octanol–water partition coefficient (Wildman–Crippen LogP) is 0.515. The quantitative estimate of drug-likeness (QED) is 0.685. The normalized spacial score (nSPS) is 29.6. The van der Waals surface area contributed by atoms with E-state index in [-0.39, 0.29) is 5.91 Å². The zero-order chi connectivity index (χ0) is 12.1. The number of hydrogen-bond donors (Lipinski definition) is 2. The molecule has 5 heteroatoms. The van der Waals surface area contributed by atoms with E-state index in [9.17, 15) is 4.79 Å². The zero-order valence-electron chi connectivity index (χ0n) is 9.91. The molecule has 1 spiro atoms. The first-order valence-electron chi connectivity index (χ1n) is 5.73. The number of nitrogens with one attached hydrogen (secondary N) is 2. The molecule has 3 rings (SSSR count). The molecule has 1 amide bonds. The van der Waals surface area contributed by atoms with E-state index in [0.717, 1.165) is 5.56 Å². The summed E-state index contributed by atoms with van der Waals surface area (Å²) in [6.45, 7) is 4.43. The van der Waals surface area contributed by atoms with Crippen LogP contribution in [0.1, 0.15) is 25.8 Å². The largest absolute Gasteiger partial charge is 0.491 e. The van der Waals surface area contributed by atoms with Crippen LogP contribution >= 0.6 is 0 Å². The molecule has 17 heavy (non-hydrogen) atoms. The number of aromatic nitrogens is 1. The highest BCUT2D eigenvalue weighted by Gasteiger charge is 2.53. The molecule has 0 radical (unpaired) electrons. The number of carbonyl (C=O) groups excluding carboxylic acids is 1. The van der Waals surface area contributed by atoms with Crippen LogP contribution in [0.4, 0.5) is 0 Å². The Morgan fingerprint density at radius 2 is 2.29 bits per heavy atom. The van der Waals surface area contributed by atoms with E-state index >= 15 is 0 Å². The second kappa shape index (κ2) is 3.20. The Bertz CT molecular complexity index is 486. The summed E-state index contributed by atoms with van der Waals surface area (Å²) in [5, 5.41) is 6.35. The Hall–Kier alpha value is -1.62. The van der Waals surface area contributed by atoms with Gasteiger partial charge >= 0.3 is 0 Å². The molecule has 1 fully saturated rings. The Kier molecular flexibility index (Phi) is 1.98. The fourth-order valence-corrected chi connectivity index (χ4v) is 2.67. The van der Waals surface area contributed by atoms with Crippen molar-refractivity contribution < 1.29 is 9.53 Å². The predicted molar refractivity (Wildman–Crippen MR) is 61.4 cm³/mol. The van der Waals surface area contributed by atoms with Crippen LogP contribution in [-0.2, 0) is 10.3 Å². The number of nitrogens with zero attached hydrogens (tertiary/aromatic N) is 1. The standard InChI is InChI=1S/C12H15N3O2/c1-11(2)14-10(16)12(15-11)4-6-17-9-7-13-5-3-8(9)12/h3,5,7,15H,4,6H2,1-2H3,(H,14,16). The third kappa shape index (κ3) is 1.42. The summed E-state index contributed by atoms with van der Waals surface area (Å²) in [5.74, 6) is 0.706. The molecule has 2 N–H and O–H groups in total. The number of amides is 1. The number of pyridine rings is 1.